The molecule has 1 atom stereocenters. The minimum Gasteiger partial charge on any atom is -0.388 e. The summed E-state index contributed by atoms with van der Waals surface area (Å²) < 4.78 is 13.1. The van der Waals surface area contributed by atoms with Crippen LogP contribution in [0, 0.1) is 12.7 Å². The van der Waals surface area contributed by atoms with Gasteiger partial charge in [0.05, 0.1) is 11.8 Å². The molecule has 0 unspecified atom stereocenters. The molecule has 1 heterocycles. The Morgan fingerprint density at radius 2 is 1.88 bits per heavy atom. The molecule has 0 aliphatic carbocycles. The van der Waals surface area contributed by atoms with Crippen LogP contribution in [0.3, 0.4) is 0 Å². The minimum atomic E-state index is -0.672. The van der Waals surface area contributed by atoms with Crippen LogP contribution in [0.15, 0.2) is 54.6 Å². The third-order valence-electron chi connectivity index (χ3n) is 3.99. The van der Waals surface area contributed by atoms with E-state index >= 15 is 0 Å². The number of halogens is 1. The van der Waals surface area contributed by atoms with Crippen molar-refractivity contribution in [3.05, 3.63) is 70.9 Å². The number of hydrogen-bond acceptors (Lipinski definition) is 4. The van der Waals surface area contributed by atoms with E-state index in [2.05, 4.69) is 10.3 Å². The number of hydrogen-bond donors (Lipinski definition) is 2. The highest BCUT2D eigenvalue weighted by atomic mass is 32.1. The Hall–Kier alpha value is -2.57. The van der Waals surface area contributed by atoms with Crippen LogP contribution in [-0.2, 0) is 4.79 Å². The van der Waals surface area contributed by atoms with Crippen molar-refractivity contribution in [1.29, 1.82) is 0 Å². The lowest BCUT2D eigenvalue weighted by Gasteiger charge is -2.10. The summed E-state index contributed by atoms with van der Waals surface area (Å²) in [5.41, 5.74) is 2.33. The number of carbonyl (C=O) groups excluding carboxylic acids is 1. The Bertz CT molecular complexity index is 879. The van der Waals surface area contributed by atoms with E-state index in [1.54, 1.807) is 12.1 Å². The number of aryl methyl sites for hydroxylation is 1. The fourth-order valence-corrected chi connectivity index (χ4v) is 3.47. The lowest BCUT2D eigenvalue weighted by atomic mass is 10.1. The quantitative estimate of drug-likeness (QED) is 0.660. The van der Waals surface area contributed by atoms with E-state index in [1.807, 2.05) is 37.3 Å². The van der Waals surface area contributed by atoms with Crippen LogP contribution in [0.25, 0.3) is 11.3 Å². The molecule has 0 spiro atoms. The average Bonchev–Trinajstić information content (AvgIpc) is 3.01. The van der Waals surface area contributed by atoms with Crippen molar-refractivity contribution in [3.63, 3.8) is 0 Å². The van der Waals surface area contributed by atoms with E-state index in [4.69, 9.17) is 0 Å². The van der Waals surface area contributed by atoms with Crippen molar-refractivity contribution in [3.8, 4) is 11.3 Å². The Morgan fingerprint density at radius 1 is 1.19 bits per heavy atom. The summed E-state index contributed by atoms with van der Waals surface area (Å²) in [6.45, 7) is 1.91. The first-order chi connectivity index (χ1) is 12.5. The smallest absolute Gasteiger partial charge is 0.226 e. The van der Waals surface area contributed by atoms with Gasteiger partial charge < -0.3 is 10.4 Å². The molecule has 0 saturated carbocycles. The second-order valence-corrected chi connectivity index (χ2v) is 7.15. The van der Waals surface area contributed by atoms with Gasteiger partial charge in [-0.05, 0) is 43.2 Å². The number of nitrogens with zero attached hydrogens (tertiary/aromatic N) is 1. The van der Waals surface area contributed by atoms with Crippen LogP contribution in [0.1, 0.15) is 29.4 Å². The van der Waals surface area contributed by atoms with E-state index in [9.17, 15) is 14.3 Å². The molecule has 134 valence electrons. The fraction of sp³-hybridized carbons (Fsp3) is 0.200. The standard InChI is InChI=1S/C20H19FN2O2S/c1-13-19(15-7-9-16(21)10-8-15)23-20(26-13)22-18(25)12-11-17(24)14-5-3-2-4-6-14/h2-10,17,24H,11-12H2,1H3,(H,22,23,25)/t17-/m1/s1. The first kappa shape index (κ1) is 18.2. The monoisotopic (exact) mass is 370 g/mol. The number of aliphatic hydroxyl groups excluding tert-OH is 1. The van der Waals surface area contributed by atoms with Gasteiger partial charge in [-0.1, -0.05) is 30.3 Å². The van der Waals surface area contributed by atoms with Gasteiger partial charge in [0.15, 0.2) is 5.13 Å². The van der Waals surface area contributed by atoms with Gasteiger partial charge >= 0.3 is 0 Å². The maximum Gasteiger partial charge on any atom is 0.226 e. The van der Waals surface area contributed by atoms with Crippen LogP contribution in [-0.4, -0.2) is 16.0 Å². The second kappa shape index (κ2) is 8.21. The van der Waals surface area contributed by atoms with Crippen LogP contribution < -0.4 is 5.32 Å². The van der Waals surface area contributed by atoms with Crippen LogP contribution in [0.2, 0.25) is 0 Å². The predicted molar refractivity (Wildman–Crippen MR) is 102 cm³/mol. The number of anilines is 1. The van der Waals surface area contributed by atoms with Gasteiger partial charge in [0.2, 0.25) is 5.91 Å². The largest absolute Gasteiger partial charge is 0.388 e. The van der Waals surface area contributed by atoms with Crippen molar-refractivity contribution in [1.82, 2.24) is 4.98 Å². The number of amides is 1. The Labute approximate surface area is 155 Å². The van der Waals surface area contributed by atoms with Crippen molar-refractivity contribution >= 4 is 22.4 Å². The van der Waals surface area contributed by atoms with E-state index in [0.29, 0.717) is 11.6 Å². The molecule has 0 radical (unpaired) electrons. The van der Waals surface area contributed by atoms with Gasteiger partial charge in [0.1, 0.15) is 5.82 Å². The molecular weight excluding hydrogens is 351 g/mol. The maximum atomic E-state index is 13.1. The predicted octanol–water partition coefficient (Wildman–Crippen LogP) is 4.71. The van der Waals surface area contributed by atoms with E-state index in [0.717, 1.165) is 21.7 Å². The zero-order valence-electron chi connectivity index (χ0n) is 14.3. The van der Waals surface area contributed by atoms with Crippen molar-refractivity contribution < 1.29 is 14.3 Å². The number of aliphatic hydroxyl groups is 1. The molecule has 0 aliphatic rings. The summed E-state index contributed by atoms with van der Waals surface area (Å²) in [5, 5.41) is 13.4. The van der Waals surface area contributed by atoms with Crippen molar-refractivity contribution in [2.45, 2.75) is 25.9 Å². The Kier molecular flexibility index (Phi) is 5.75. The summed E-state index contributed by atoms with van der Waals surface area (Å²) >= 11 is 1.37. The van der Waals surface area contributed by atoms with Gasteiger partial charge in [-0.25, -0.2) is 9.37 Å². The molecule has 1 amide bonds. The molecule has 3 aromatic rings. The molecule has 0 saturated heterocycles. The maximum absolute atomic E-state index is 13.1. The highest BCUT2D eigenvalue weighted by molar-refractivity contribution is 7.16. The van der Waals surface area contributed by atoms with Crippen LogP contribution in [0.5, 0.6) is 0 Å². The lowest BCUT2D eigenvalue weighted by molar-refractivity contribution is -0.116. The lowest BCUT2D eigenvalue weighted by Crippen LogP contribution is -2.12. The number of thiazole rings is 1. The highest BCUT2D eigenvalue weighted by Gasteiger charge is 2.14. The van der Waals surface area contributed by atoms with Gasteiger partial charge in [-0.15, -0.1) is 11.3 Å². The molecule has 0 fully saturated rings. The third-order valence-corrected chi connectivity index (χ3v) is 4.88. The molecule has 26 heavy (non-hydrogen) atoms. The molecular formula is C20H19FN2O2S. The second-order valence-electron chi connectivity index (χ2n) is 5.94. The molecule has 1 aromatic heterocycles. The molecule has 0 aliphatic heterocycles. The molecule has 2 aromatic carbocycles. The number of aromatic nitrogens is 1. The van der Waals surface area contributed by atoms with E-state index < -0.39 is 6.10 Å². The molecule has 2 N–H and O–H groups in total. The third kappa shape index (κ3) is 4.53. The van der Waals surface area contributed by atoms with Crippen LogP contribution >= 0.6 is 11.3 Å². The number of rotatable bonds is 6. The molecule has 6 heteroatoms. The van der Waals surface area contributed by atoms with Gasteiger partial charge in [-0.2, -0.15) is 0 Å². The Morgan fingerprint density at radius 3 is 2.58 bits per heavy atom. The summed E-state index contributed by atoms with van der Waals surface area (Å²) in [7, 11) is 0. The van der Waals surface area contributed by atoms with Gasteiger partial charge in [0, 0.05) is 16.9 Å². The van der Waals surface area contributed by atoms with Crippen molar-refractivity contribution in [2.24, 2.45) is 0 Å². The Balaban J connectivity index is 1.59. The summed E-state index contributed by atoms with van der Waals surface area (Å²) in [6, 6.07) is 15.4. The fourth-order valence-electron chi connectivity index (χ4n) is 2.62. The highest BCUT2D eigenvalue weighted by Crippen LogP contribution is 2.30. The average molecular weight is 370 g/mol. The molecule has 3 rings (SSSR count). The number of nitrogens with one attached hydrogen (secondary N) is 1. The van der Waals surface area contributed by atoms with E-state index in [-0.39, 0.29) is 18.1 Å². The topological polar surface area (TPSA) is 62.2 Å². The van der Waals surface area contributed by atoms with Crippen molar-refractivity contribution in [2.75, 3.05) is 5.32 Å². The normalized spacial score (nSPS) is 12.0. The summed E-state index contributed by atoms with van der Waals surface area (Å²) in [4.78, 5) is 17.5. The number of carbonyl (C=O) groups is 1. The van der Waals surface area contributed by atoms with Gasteiger partial charge in [0.25, 0.3) is 0 Å². The summed E-state index contributed by atoms with van der Waals surface area (Å²) in [5.74, 6) is -0.494. The number of benzene rings is 2. The molecule has 0 bridgehead atoms. The summed E-state index contributed by atoms with van der Waals surface area (Å²) in [6.07, 6.45) is -0.138. The van der Waals surface area contributed by atoms with E-state index in [1.165, 1.54) is 23.5 Å². The first-order valence-corrected chi connectivity index (χ1v) is 9.11. The zero-order valence-corrected chi connectivity index (χ0v) is 15.1. The zero-order chi connectivity index (χ0) is 18.5. The van der Waals surface area contributed by atoms with Crippen LogP contribution in [0.4, 0.5) is 9.52 Å². The SMILES string of the molecule is Cc1sc(NC(=O)CC[C@@H](O)c2ccccc2)nc1-c1ccc(F)cc1. The molecule has 4 nitrogen and oxygen atoms in total. The minimum absolute atomic E-state index is 0.195. The first-order valence-electron chi connectivity index (χ1n) is 8.29. The van der Waals surface area contributed by atoms with Gasteiger partial charge in [-0.3, -0.25) is 4.79 Å².